The second-order valence-corrected chi connectivity index (χ2v) is 7.02. The van der Waals surface area contributed by atoms with Crippen LogP contribution in [0.2, 0.25) is 5.02 Å². The first-order chi connectivity index (χ1) is 12.7. The predicted molar refractivity (Wildman–Crippen MR) is 107 cm³/mol. The highest BCUT2D eigenvalue weighted by atomic mass is 35.5. The molecule has 0 aliphatic carbocycles. The Morgan fingerprint density at radius 2 is 1.37 bits per heavy atom. The van der Waals surface area contributed by atoms with Crippen LogP contribution in [0.1, 0.15) is 19.4 Å². The zero-order valence-electron chi connectivity index (χ0n) is 16.0. The Labute approximate surface area is 163 Å². The van der Waals surface area contributed by atoms with E-state index < -0.39 is 17.2 Å². The van der Waals surface area contributed by atoms with Gasteiger partial charge in [0.2, 0.25) is 11.8 Å². The summed E-state index contributed by atoms with van der Waals surface area (Å²) in [4.78, 5) is 25.5. The van der Waals surface area contributed by atoms with Crippen LogP contribution in [0.4, 0.5) is 11.4 Å². The van der Waals surface area contributed by atoms with Crippen LogP contribution in [-0.2, 0) is 9.59 Å². The van der Waals surface area contributed by atoms with Gasteiger partial charge in [-0.15, -0.1) is 0 Å². The number of aryl methyl sites for hydroxylation is 1. The summed E-state index contributed by atoms with van der Waals surface area (Å²) in [5.74, 6) is 0.00283. The predicted octanol–water partition coefficient (Wildman–Crippen LogP) is 4.27. The molecule has 0 saturated heterocycles. The first kappa shape index (κ1) is 20.6. The van der Waals surface area contributed by atoms with Crippen molar-refractivity contribution in [2.45, 2.75) is 20.8 Å². The molecule has 2 aromatic carbocycles. The molecule has 7 heteroatoms. The molecule has 2 amide bonds. The zero-order valence-corrected chi connectivity index (χ0v) is 16.7. The van der Waals surface area contributed by atoms with Crippen molar-refractivity contribution in [3.63, 3.8) is 0 Å². The normalized spacial score (nSPS) is 10.9. The molecule has 0 aliphatic rings. The van der Waals surface area contributed by atoms with Crippen LogP contribution in [-0.4, -0.2) is 26.0 Å². The van der Waals surface area contributed by atoms with Gasteiger partial charge in [-0.3, -0.25) is 9.59 Å². The number of carbonyl (C=O) groups excluding carboxylic acids is 2. The first-order valence-corrected chi connectivity index (χ1v) is 8.68. The largest absolute Gasteiger partial charge is 0.495 e. The van der Waals surface area contributed by atoms with Crippen molar-refractivity contribution >= 4 is 34.8 Å². The van der Waals surface area contributed by atoms with E-state index in [0.29, 0.717) is 27.9 Å². The van der Waals surface area contributed by atoms with E-state index in [1.165, 1.54) is 28.1 Å². The number of halogens is 1. The summed E-state index contributed by atoms with van der Waals surface area (Å²) in [6.07, 6.45) is 0. The second-order valence-electron chi connectivity index (χ2n) is 6.58. The van der Waals surface area contributed by atoms with Gasteiger partial charge in [0.25, 0.3) is 0 Å². The van der Waals surface area contributed by atoms with Gasteiger partial charge in [-0.1, -0.05) is 17.7 Å². The molecule has 27 heavy (non-hydrogen) atoms. The lowest BCUT2D eigenvalue weighted by atomic mass is 9.90. The van der Waals surface area contributed by atoms with E-state index in [4.69, 9.17) is 21.1 Å². The molecule has 2 aromatic rings. The molecule has 0 atom stereocenters. The number of ether oxygens (including phenoxy) is 2. The van der Waals surface area contributed by atoms with Crippen molar-refractivity contribution in [1.82, 2.24) is 0 Å². The highest BCUT2D eigenvalue weighted by Crippen LogP contribution is 2.31. The maximum atomic E-state index is 12.8. The van der Waals surface area contributed by atoms with E-state index in [0.717, 1.165) is 5.56 Å². The molecule has 0 aromatic heterocycles. The van der Waals surface area contributed by atoms with Crippen LogP contribution in [0.15, 0.2) is 36.4 Å². The summed E-state index contributed by atoms with van der Waals surface area (Å²) in [6.45, 7) is 4.98. The number of anilines is 2. The molecule has 0 fully saturated rings. The molecule has 2 N–H and O–H groups in total. The summed E-state index contributed by atoms with van der Waals surface area (Å²) in [6, 6.07) is 10.3. The Bertz CT molecular complexity index is 796. The number of rotatable bonds is 6. The molecule has 0 spiro atoms. The van der Waals surface area contributed by atoms with Crippen molar-refractivity contribution in [3.8, 4) is 11.5 Å². The molecule has 0 unspecified atom stereocenters. The summed E-state index contributed by atoms with van der Waals surface area (Å²) >= 11 is 5.99. The number of methoxy groups -OCH3 is 2. The Morgan fingerprint density at radius 1 is 0.889 bits per heavy atom. The van der Waals surface area contributed by atoms with Crippen LogP contribution in [0.3, 0.4) is 0 Å². The van der Waals surface area contributed by atoms with Crippen LogP contribution in [0.5, 0.6) is 11.5 Å². The van der Waals surface area contributed by atoms with E-state index in [1.807, 2.05) is 13.0 Å². The van der Waals surface area contributed by atoms with E-state index in [1.54, 1.807) is 30.3 Å². The molecule has 2 rings (SSSR count). The summed E-state index contributed by atoms with van der Waals surface area (Å²) in [7, 11) is 3.00. The van der Waals surface area contributed by atoms with Crippen molar-refractivity contribution in [3.05, 3.63) is 47.0 Å². The number of nitrogens with one attached hydrogen (secondary N) is 2. The molecular weight excluding hydrogens is 368 g/mol. The van der Waals surface area contributed by atoms with E-state index in [9.17, 15) is 9.59 Å². The quantitative estimate of drug-likeness (QED) is 0.722. The lowest BCUT2D eigenvalue weighted by Gasteiger charge is -2.24. The number of amides is 2. The Hall–Kier alpha value is -2.73. The van der Waals surface area contributed by atoms with Crippen LogP contribution in [0, 0.1) is 12.3 Å². The van der Waals surface area contributed by atoms with Gasteiger partial charge in [-0.05, 0) is 56.7 Å². The van der Waals surface area contributed by atoms with Gasteiger partial charge in [0.1, 0.15) is 16.9 Å². The van der Waals surface area contributed by atoms with Gasteiger partial charge in [0.05, 0.1) is 25.6 Å². The maximum Gasteiger partial charge on any atom is 0.239 e. The van der Waals surface area contributed by atoms with Crippen LogP contribution in [0.25, 0.3) is 0 Å². The van der Waals surface area contributed by atoms with Gasteiger partial charge in [0.15, 0.2) is 0 Å². The minimum absolute atomic E-state index is 0.393. The lowest BCUT2D eigenvalue weighted by Crippen LogP contribution is -2.41. The minimum Gasteiger partial charge on any atom is -0.495 e. The smallest absolute Gasteiger partial charge is 0.239 e. The SMILES string of the molecule is COc1ccc(C)cc1NC(=O)C(C)(C)C(=O)Nc1cc(Cl)ccc1OC. The second kappa shape index (κ2) is 8.31. The molecular formula is C20H23ClN2O4. The van der Waals surface area contributed by atoms with E-state index >= 15 is 0 Å². The lowest BCUT2D eigenvalue weighted by molar-refractivity contribution is -0.135. The molecule has 0 bridgehead atoms. The summed E-state index contributed by atoms with van der Waals surface area (Å²) in [5.41, 5.74) is 0.493. The fourth-order valence-electron chi connectivity index (χ4n) is 2.36. The van der Waals surface area contributed by atoms with Gasteiger partial charge < -0.3 is 20.1 Å². The number of benzene rings is 2. The van der Waals surface area contributed by atoms with Gasteiger partial charge in [-0.2, -0.15) is 0 Å². The standard InChI is InChI=1S/C20H23ClN2O4/c1-12-6-8-16(26-4)14(10-12)22-18(24)20(2,3)19(25)23-15-11-13(21)7-9-17(15)27-5/h6-11H,1-5H3,(H,22,24)(H,23,25). The van der Waals surface area contributed by atoms with E-state index in [-0.39, 0.29) is 0 Å². The zero-order chi connectivity index (χ0) is 20.2. The number of carbonyl (C=O) groups is 2. The minimum atomic E-state index is -1.36. The van der Waals surface area contributed by atoms with Crippen molar-refractivity contribution < 1.29 is 19.1 Å². The average molecular weight is 391 g/mol. The first-order valence-electron chi connectivity index (χ1n) is 8.30. The summed E-state index contributed by atoms with van der Waals surface area (Å²) < 4.78 is 10.5. The number of hydrogen-bond acceptors (Lipinski definition) is 4. The fraction of sp³-hybridized carbons (Fsp3) is 0.300. The molecule has 0 heterocycles. The van der Waals surface area contributed by atoms with Crippen molar-refractivity contribution in [1.29, 1.82) is 0 Å². The monoisotopic (exact) mass is 390 g/mol. The molecule has 6 nitrogen and oxygen atoms in total. The average Bonchev–Trinajstić information content (AvgIpc) is 2.62. The third kappa shape index (κ3) is 4.71. The fourth-order valence-corrected chi connectivity index (χ4v) is 2.53. The van der Waals surface area contributed by atoms with Crippen LogP contribution >= 0.6 is 11.6 Å². The highest BCUT2D eigenvalue weighted by molar-refractivity contribution is 6.31. The Balaban J connectivity index is 2.22. The van der Waals surface area contributed by atoms with Gasteiger partial charge >= 0.3 is 0 Å². The number of hydrogen-bond donors (Lipinski definition) is 2. The van der Waals surface area contributed by atoms with Crippen LogP contribution < -0.4 is 20.1 Å². The molecule has 0 radical (unpaired) electrons. The van der Waals surface area contributed by atoms with Gasteiger partial charge in [-0.25, -0.2) is 0 Å². The Morgan fingerprint density at radius 3 is 1.89 bits per heavy atom. The topological polar surface area (TPSA) is 76.7 Å². The maximum absolute atomic E-state index is 12.8. The van der Waals surface area contributed by atoms with Crippen molar-refractivity contribution in [2.24, 2.45) is 5.41 Å². The molecule has 144 valence electrons. The van der Waals surface area contributed by atoms with E-state index in [2.05, 4.69) is 10.6 Å². The molecule has 0 saturated carbocycles. The highest BCUT2D eigenvalue weighted by Gasteiger charge is 2.37. The summed E-state index contributed by atoms with van der Waals surface area (Å²) in [5, 5.41) is 5.92. The Kier molecular flexibility index (Phi) is 6.33. The third-order valence-electron chi connectivity index (χ3n) is 4.15. The third-order valence-corrected chi connectivity index (χ3v) is 4.38. The van der Waals surface area contributed by atoms with Gasteiger partial charge in [0, 0.05) is 5.02 Å². The van der Waals surface area contributed by atoms with Crippen molar-refractivity contribution in [2.75, 3.05) is 24.9 Å². The molecule has 0 aliphatic heterocycles.